The number of carbonyl (C=O) groups is 1. The molecule has 3 rings (SSSR count). The van der Waals surface area contributed by atoms with Crippen molar-refractivity contribution >= 4 is 63.5 Å². The highest BCUT2D eigenvalue weighted by Gasteiger charge is 2.28. The number of rotatable bonds is 9. The second kappa shape index (κ2) is 11.1. The van der Waals surface area contributed by atoms with E-state index in [1.165, 1.54) is 16.7 Å². The van der Waals surface area contributed by atoms with Gasteiger partial charge in [-0.05, 0) is 42.8 Å². The van der Waals surface area contributed by atoms with Crippen molar-refractivity contribution in [2.45, 2.75) is 13.3 Å². The van der Waals surface area contributed by atoms with Crippen molar-refractivity contribution in [3.05, 3.63) is 56.9 Å². The number of thiocarbonyl (C=S) groups is 1. The molecule has 5 nitrogen and oxygen atoms in total. The monoisotopic (exact) mass is 497 g/mol. The van der Waals surface area contributed by atoms with Crippen molar-refractivity contribution in [1.82, 2.24) is 4.90 Å². The molecule has 1 aliphatic heterocycles. The van der Waals surface area contributed by atoms with Crippen LogP contribution >= 0.6 is 47.2 Å². The van der Waals surface area contributed by atoms with Crippen LogP contribution in [0.4, 0.5) is 0 Å². The number of nitrogens with zero attached hydrogens (tertiary/aromatic N) is 1. The maximum atomic E-state index is 12.2. The number of hydrogen-bond donors (Lipinski definition) is 0. The summed E-state index contributed by atoms with van der Waals surface area (Å²) in [5.74, 6) is 1.48. The van der Waals surface area contributed by atoms with Crippen molar-refractivity contribution in [3.8, 4) is 17.2 Å². The molecule has 0 saturated carbocycles. The lowest BCUT2D eigenvalue weighted by molar-refractivity contribution is -0.121. The fourth-order valence-electron chi connectivity index (χ4n) is 2.75. The van der Waals surface area contributed by atoms with Crippen LogP contribution in [0.25, 0.3) is 6.08 Å². The van der Waals surface area contributed by atoms with Crippen molar-refractivity contribution in [1.29, 1.82) is 0 Å². The average Bonchev–Trinajstić information content (AvgIpc) is 2.97. The van der Waals surface area contributed by atoms with Gasteiger partial charge in [0, 0.05) is 13.5 Å². The number of benzene rings is 2. The van der Waals surface area contributed by atoms with E-state index in [0.29, 0.717) is 62.8 Å². The summed E-state index contributed by atoms with van der Waals surface area (Å²) in [7, 11) is 1.66. The smallest absolute Gasteiger partial charge is 0.265 e. The number of amides is 1. The Morgan fingerprint density at radius 3 is 2.48 bits per heavy atom. The molecule has 0 N–H and O–H groups in total. The predicted molar refractivity (Wildman–Crippen MR) is 131 cm³/mol. The van der Waals surface area contributed by atoms with Crippen LogP contribution in [0.2, 0.25) is 10.0 Å². The van der Waals surface area contributed by atoms with E-state index < -0.39 is 0 Å². The molecule has 0 aromatic heterocycles. The number of hydrogen-bond acceptors (Lipinski definition) is 6. The molecule has 0 spiro atoms. The van der Waals surface area contributed by atoms with Crippen LogP contribution in [0.1, 0.15) is 18.9 Å². The van der Waals surface area contributed by atoms with E-state index in [0.717, 1.165) is 5.56 Å². The molecule has 2 aromatic rings. The maximum Gasteiger partial charge on any atom is 0.265 e. The van der Waals surface area contributed by atoms with E-state index in [2.05, 4.69) is 0 Å². The molecule has 1 amide bonds. The van der Waals surface area contributed by atoms with Crippen LogP contribution in [0, 0.1) is 0 Å². The van der Waals surface area contributed by atoms with Gasteiger partial charge in [0.2, 0.25) is 0 Å². The second-order valence-corrected chi connectivity index (χ2v) is 8.97. The molecular weight excluding hydrogens is 477 g/mol. The summed E-state index contributed by atoms with van der Waals surface area (Å²) in [5.41, 5.74) is 0.733. The molecule has 1 saturated heterocycles. The van der Waals surface area contributed by atoms with E-state index in [-0.39, 0.29) is 5.91 Å². The van der Waals surface area contributed by atoms with Gasteiger partial charge in [-0.3, -0.25) is 9.69 Å². The lowest BCUT2D eigenvalue weighted by atomic mass is 10.1. The second-order valence-electron chi connectivity index (χ2n) is 6.48. The zero-order valence-corrected chi connectivity index (χ0v) is 20.2. The molecule has 2 aromatic carbocycles. The minimum absolute atomic E-state index is 0.136. The van der Waals surface area contributed by atoms with Gasteiger partial charge in [-0.2, -0.15) is 0 Å². The van der Waals surface area contributed by atoms with Crippen molar-refractivity contribution in [2.24, 2.45) is 0 Å². The molecule has 31 heavy (non-hydrogen) atoms. The summed E-state index contributed by atoms with van der Waals surface area (Å²) in [6.45, 7) is 3.16. The fourth-order valence-corrected chi connectivity index (χ4v) is 4.39. The van der Waals surface area contributed by atoms with Crippen molar-refractivity contribution < 1.29 is 19.0 Å². The molecular formula is C22H21Cl2NO4S2. The van der Waals surface area contributed by atoms with Crippen molar-refractivity contribution in [2.75, 3.05) is 26.9 Å². The van der Waals surface area contributed by atoms with Gasteiger partial charge in [-0.15, -0.1) is 0 Å². The molecule has 0 atom stereocenters. The van der Waals surface area contributed by atoms with E-state index in [4.69, 9.17) is 49.6 Å². The Labute approximate surface area is 201 Å². The van der Waals surface area contributed by atoms with Crippen LogP contribution in [0.15, 0.2) is 41.3 Å². The van der Waals surface area contributed by atoms with Gasteiger partial charge in [-0.25, -0.2) is 0 Å². The average molecular weight is 498 g/mol. The number of ether oxygens (including phenoxy) is 3. The summed E-state index contributed by atoms with van der Waals surface area (Å²) in [6.07, 6.45) is 2.38. The Morgan fingerprint density at radius 1 is 1.06 bits per heavy atom. The van der Waals surface area contributed by atoms with Crippen LogP contribution in [-0.4, -0.2) is 42.0 Å². The highest BCUT2D eigenvalue weighted by Crippen LogP contribution is 2.39. The third-order valence-electron chi connectivity index (χ3n) is 4.25. The molecule has 1 heterocycles. The molecule has 1 fully saturated rings. The number of thioether (sulfide) groups is 1. The first-order valence-electron chi connectivity index (χ1n) is 9.58. The molecule has 0 radical (unpaired) electrons. The number of halogens is 2. The van der Waals surface area contributed by atoms with E-state index >= 15 is 0 Å². The Morgan fingerprint density at radius 2 is 1.81 bits per heavy atom. The van der Waals surface area contributed by atoms with Gasteiger partial charge >= 0.3 is 0 Å². The first kappa shape index (κ1) is 23.7. The van der Waals surface area contributed by atoms with Crippen LogP contribution in [0.5, 0.6) is 17.2 Å². The lowest BCUT2D eigenvalue weighted by Crippen LogP contribution is -2.22. The van der Waals surface area contributed by atoms with Crippen LogP contribution < -0.4 is 14.2 Å². The maximum absolute atomic E-state index is 12.2. The summed E-state index contributed by atoms with van der Waals surface area (Å²) >= 11 is 19.0. The Balaban J connectivity index is 1.66. The van der Waals surface area contributed by atoms with Crippen molar-refractivity contribution in [3.63, 3.8) is 0 Å². The highest BCUT2D eigenvalue weighted by atomic mass is 35.5. The largest absolute Gasteiger partial charge is 0.492 e. The number of likely N-dealkylation sites (N-methyl/N-ethyl adjacent to an activating group) is 1. The molecule has 9 heteroatoms. The minimum atomic E-state index is -0.136. The summed E-state index contributed by atoms with van der Waals surface area (Å²) in [6, 6.07) is 10.9. The van der Waals surface area contributed by atoms with Gasteiger partial charge in [0.1, 0.15) is 10.1 Å². The molecule has 0 bridgehead atoms. The van der Waals surface area contributed by atoms with E-state index in [9.17, 15) is 4.79 Å². The van der Waals surface area contributed by atoms with E-state index in [1.54, 1.807) is 31.3 Å². The summed E-state index contributed by atoms with van der Waals surface area (Å²) in [5, 5.41) is 0.969. The van der Waals surface area contributed by atoms with Gasteiger partial charge in [0.05, 0.1) is 34.8 Å². The van der Waals surface area contributed by atoms with Gasteiger partial charge in [0.15, 0.2) is 11.5 Å². The number of carbonyl (C=O) groups excluding carboxylic acids is 1. The van der Waals surface area contributed by atoms with Gasteiger partial charge < -0.3 is 14.2 Å². The number of para-hydroxylation sites is 1. The lowest BCUT2D eigenvalue weighted by Gasteiger charge is -2.15. The van der Waals surface area contributed by atoms with E-state index in [1.807, 2.05) is 25.1 Å². The molecule has 0 unspecified atom stereocenters. The molecule has 1 aliphatic rings. The summed E-state index contributed by atoms with van der Waals surface area (Å²) in [4.78, 5) is 14.2. The first-order valence-corrected chi connectivity index (χ1v) is 11.6. The van der Waals surface area contributed by atoms with Crippen LogP contribution in [0.3, 0.4) is 0 Å². The zero-order chi connectivity index (χ0) is 22.4. The minimum Gasteiger partial charge on any atom is -0.492 e. The third kappa shape index (κ3) is 6.07. The zero-order valence-electron chi connectivity index (χ0n) is 17.0. The fraction of sp³-hybridized carbons (Fsp3) is 0.273. The van der Waals surface area contributed by atoms with Crippen LogP contribution in [-0.2, 0) is 4.79 Å². The standard InChI is InChI=1S/C22H21Cl2NO4S2/c1-3-27-18-12-14(13-19-21(26)25(2)22(30)31-19)11-16(24)20(18)29-10-6-9-28-17-8-5-4-7-15(17)23/h4-5,7-8,11-13H,3,6,9-10H2,1-2H3. The SMILES string of the molecule is CCOc1cc(C=C2SC(=S)N(C)C2=O)cc(Cl)c1OCCCOc1ccccc1Cl. The first-order chi connectivity index (χ1) is 14.9. The Hall–Kier alpha value is -1.93. The Kier molecular flexibility index (Phi) is 8.49. The third-order valence-corrected chi connectivity index (χ3v) is 6.32. The summed E-state index contributed by atoms with van der Waals surface area (Å²) < 4.78 is 17.8. The molecule has 164 valence electrons. The normalized spacial score (nSPS) is 15.0. The molecule has 0 aliphatic carbocycles. The van der Waals surface area contributed by atoms with Gasteiger partial charge in [0.25, 0.3) is 5.91 Å². The quantitative estimate of drug-likeness (QED) is 0.238. The highest BCUT2D eigenvalue weighted by molar-refractivity contribution is 8.26. The van der Waals surface area contributed by atoms with Gasteiger partial charge in [-0.1, -0.05) is 59.3 Å². The Bertz CT molecular complexity index is 1010. The topological polar surface area (TPSA) is 48.0 Å². The predicted octanol–water partition coefficient (Wildman–Crippen LogP) is 6.07.